The minimum absolute atomic E-state index is 0.129. The number of piperidine rings is 1. The normalized spacial score (nSPS) is 23.1. The zero-order valence-electron chi connectivity index (χ0n) is 12.0. The van der Waals surface area contributed by atoms with Gasteiger partial charge in [0, 0.05) is 38.8 Å². The van der Waals surface area contributed by atoms with E-state index in [0.29, 0.717) is 0 Å². The summed E-state index contributed by atoms with van der Waals surface area (Å²) in [5, 5.41) is 3.43. The molecule has 0 bridgehead atoms. The van der Waals surface area contributed by atoms with Gasteiger partial charge in [-0.3, -0.25) is 9.80 Å². The summed E-state index contributed by atoms with van der Waals surface area (Å²) in [6.07, 6.45) is 2.56. The van der Waals surface area contributed by atoms with Crippen LogP contribution in [0, 0.1) is 5.82 Å². The molecule has 0 spiro atoms. The molecule has 0 saturated carbocycles. The van der Waals surface area contributed by atoms with Crippen LogP contribution in [0.4, 0.5) is 4.39 Å². The van der Waals surface area contributed by atoms with E-state index in [2.05, 4.69) is 15.1 Å². The lowest BCUT2D eigenvalue weighted by Gasteiger charge is -2.40. The maximum Gasteiger partial charge on any atom is 0.123 e. The van der Waals surface area contributed by atoms with Crippen molar-refractivity contribution in [3.63, 3.8) is 0 Å². The van der Waals surface area contributed by atoms with Crippen molar-refractivity contribution in [3.8, 4) is 0 Å². The summed E-state index contributed by atoms with van der Waals surface area (Å²) < 4.78 is 13.2. The predicted octanol–water partition coefficient (Wildman–Crippen LogP) is 1.70. The molecular weight excluding hydrogens is 253 g/mol. The van der Waals surface area contributed by atoms with Gasteiger partial charge in [-0.15, -0.1) is 0 Å². The van der Waals surface area contributed by atoms with Crippen LogP contribution in [0.25, 0.3) is 0 Å². The Morgan fingerprint density at radius 3 is 2.55 bits per heavy atom. The fourth-order valence-electron chi connectivity index (χ4n) is 3.35. The van der Waals surface area contributed by atoms with Crippen molar-refractivity contribution >= 4 is 0 Å². The van der Waals surface area contributed by atoms with Crippen LogP contribution < -0.4 is 5.32 Å². The molecule has 0 unspecified atom stereocenters. The summed E-state index contributed by atoms with van der Waals surface area (Å²) in [6, 6.07) is 7.75. The molecule has 2 aliphatic rings. The van der Waals surface area contributed by atoms with Crippen molar-refractivity contribution in [3.05, 3.63) is 35.6 Å². The van der Waals surface area contributed by atoms with Gasteiger partial charge in [0.15, 0.2) is 0 Å². The topological polar surface area (TPSA) is 18.5 Å². The maximum absolute atomic E-state index is 13.2. The van der Waals surface area contributed by atoms with Crippen molar-refractivity contribution in [1.82, 2.24) is 15.1 Å². The molecular formula is C16H24FN3. The average molecular weight is 277 g/mol. The van der Waals surface area contributed by atoms with Crippen LogP contribution in [-0.2, 0) is 6.54 Å². The molecule has 2 saturated heterocycles. The van der Waals surface area contributed by atoms with Crippen LogP contribution in [0.5, 0.6) is 0 Å². The third-order valence-electron chi connectivity index (χ3n) is 4.53. The molecule has 1 aromatic carbocycles. The highest BCUT2D eigenvalue weighted by molar-refractivity contribution is 5.16. The van der Waals surface area contributed by atoms with Gasteiger partial charge in [-0.2, -0.15) is 0 Å². The van der Waals surface area contributed by atoms with Gasteiger partial charge >= 0.3 is 0 Å². The van der Waals surface area contributed by atoms with Gasteiger partial charge in [-0.1, -0.05) is 12.1 Å². The first-order valence-electron chi connectivity index (χ1n) is 7.73. The van der Waals surface area contributed by atoms with E-state index >= 15 is 0 Å². The Kier molecular flexibility index (Phi) is 4.65. The lowest BCUT2D eigenvalue weighted by atomic mass is 10.0. The summed E-state index contributed by atoms with van der Waals surface area (Å²) >= 11 is 0. The summed E-state index contributed by atoms with van der Waals surface area (Å²) in [5.41, 5.74) is 1.08. The number of benzene rings is 1. The van der Waals surface area contributed by atoms with E-state index in [1.165, 1.54) is 18.9 Å². The summed E-state index contributed by atoms with van der Waals surface area (Å²) in [6.45, 7) is 7.70. The fourth-order valence-corrected chi connectivity index (χ4v) is 3.35. The predicted molar refractivity (Wildman–Crippen MR) is 79.1 cm³/mol. The van der Waals surface area contributed by atoms with E-state index in [1.807, 2.05) is 6.07 Å². The van der Waals surface area contributed by atoms with E-state index < -0.39 is 0 Å². The second-order valence-corrected chi connectivity index (χ2v) is 5.92. The second-order valence-electron chi connectivity index (χ2n) is 5.92. The number of rotatable bonds is 3. The van der Waals surface area contributed by atoms with E-state index in [4.69, 9.17) is 0 Å². The van der Waals surface area contributed by atoms with Gasteiger partial charge in [-0.25, -0.2) is 4.39 Å². The third kappa shape index (κ3) is 3.57. The molecule has 4 heteroatoms. The van der Waals surface area contributed by atoms with Gasteiger partial charge in [0.05, 0.1) is 0 Å². The standard InChI is InChI=1S/C16H24FN3/c17-15-3-1-2-14(12-15)13-19-8-10-20(11-9-19)16-4-6-18-7-5-16/h1-3,12,16,18H,4-11,13H2. The number of nitrogens with zero attached hydrogens (tertiary/aromatic N) is 2. The SMILES string of the molecule is Fc1cccc(CN2CCN(C3CCNCC3)CC2)c1. The highest BCUT2D eigenvalue weighted by Crippen LogP contribution is 2.16. The molecule has 2 fully saturated rings. The molecule has 3 nitrogen and oxygen atoms in total. The fraction of sp³-hybridized carbons (Fsp3) is 0.625. The van der Waals surface area contributed by atoms with E-state index in [-0.39, 0.29) is 5.82 Å². The summed E-state index contributed by atoms with van der Waals surface area (Å²) in [7, 11) is 0. The van der Waals surface area contributed by atoms with Gasteiger partial charge in [0.2, 0.25) is 0 Å². The first kappa shape index (κ1) is 14.0. The van der Waals surface area contributed by atoms with E-state index in [0.717, 1.165) is 57.4 Å². The number of nitrogens with one attached hydrogen (secondary N) is 1. The molecule has 1 N–H and O–H groups in total. The first-order valence-corrected chi connectivity index (χ1v) is 7.73. The summed E-state index contributed by atoms with van der Waals surface area (Å²) in [5.74, 6) is -0.129. The number of halogens is 1. The highest BCUT2D eigenvalue weighted by atomic mass is 19.1. The molecule has 2 heterocycles. The van der Waals surface area contributed by atoms with Crippen LogP contribution in [0.15, 0.2) is 24.3 Å². The monoisotopic (exact) mass is 277 g/mol. The molecule has 2 aliphatic heterocycles. The first-order chi connectivity index (χ1) is 9.81. The number of piperazine rings is 1. The van der Waals surface area contributed by atoms with Gasteiger partial charge in [0.1, 0.15) is 5.82 Å². The zero-order chi connectivity index (χ0) is 13.8. The van der Waals surface area contributed by atoms with Crippen molar-refractivity contribution in [1.29, 1.82) is 0 Å². The van der Waals surface area contributed by atoms with Crippen LogP contribution in [0.1, 0.15) is 18.4 Å². The molecule has 0 amide bonds. The molecule has 3 rings (SSSR count). The van der Waals surface area contributed by atoms with Crippen molar-refractivity contribution in [2.45, 2.75) is 25.4 Å². The zero-order valence-corrected chi connectivity index (χ0v) is 12.0. The van der Waals surface area contributed by atoms with Gasteiger partial charge < -0.3 is 5.32 Å². The van der Waals surface area contributed by atoms with Crippen LogP contribution in [-0.4, -0.2) is 55.1 Å². The maximum atomic E-state index is 13.2. The van der Waals surface area contributed by atoms with Gasteiger partial charge in [0.25, 0.3) is 0 Å². The van der Waals surface area contributed by atoms with Crippen molar-refractivity contribution in [2.75, 3.05) is 39.3 Å². The minimum atomic E-state index is -0.129. The molecule has 0 aromatic heterocycles. The van der Waals surface area contributed by atoms with Crippen LogP contribution in [0.3, 0.4) is 0 Å². The Bertz CT molecular complexity index is 423. The highest BCUT2D eigenvalue weighted by Gasteiger charge is 2.24. The Labute approximate surface area is 120 Å². The minimum Gasteiger partial charge on any atom is -0.317 e. The summed E-state index contributed by atoms with van der Waals surface area (Å²) in [4.78, 5) is 5.08. The Hall–Kier alpha value is -0.970. The molecule has 20 heavy (non-hydrogen) atoms. The lowest BCUT2D eigenvalue weighted by molar-refractivity contribution is 0.0784. The molecule has 0 atom stereocenters. The van der Waals surface area contributed by atoms with Crippen molar-refractivity contribution in [2.24, 2.45) is 0 Å². The third-order valence-corrected chi connectivity index (χ3v) is 4.53. The smallest absolute Gasteiger partial charge is 0.123 e. The van der Waals surface area contributed by atoms with Crippen LogP contribution in [0.2, 0.25) is 0 Å². The van der Waals surface area contributed by atoms with E-state index in [9.17, 15) is 4.39 Å². The Balaban J connectivity index is 1.48. The van der Waals surface area contributed by atoms with Crippen LogP contribution >= 0.6 is 0 Å². The lowest BCUT2D eigenvalue weighted by Crippen LogP contribution is -2.52. The second kappa shape index (κ2) is 6.66. The molecule has 0 radical (unpaired) electrons. The van der Waals surface area contributed by atoms with Crippen molar-refractivity contribution < 1.29 is 4.39 Å². The van der Waals surface area contributed by atoms with Gasteiger partial charge in [-0.05, 0) is 43.6 Å². The average Bonchev–Trinajstić information content (AvgIpc) is 2.49. The largest absolute Gasteiger partial charge is 0.317 e. The molecule has 0 aliphatic carbocycles. The Morgan fingerprint density at radius 1 is 1.10 bits per heavy atom. The number of hydrogen-bond acceptors (Lipinski definition) is 3. The molecule has 110 valence electrons. The van der Waals surface area contributed by atoms with E-state index in [1.54, 1.807) is 12.1 Å². The molecule has 1 aromatic rings. The Morgan fingerprint density at radius 2 is 1.85 bits per heavy atom. The number of hydrogen-bond donors (Lipinski definition) is 1. The quantitative estimate of drug-likeness (QED) is 0.907.